The Labute approximate surface area is 144 Å². The SMILES string of the molecule is CC(C)ON=Cc1cc(-n2c(=O)cc(C(F)(F)F)[nH]c2=O)ccc1Cl. The average molecular weight is 376 g/mol. The number of aromatic amines is 1. The van der Waals surface area contributed by atoms with Crippen LogP contribution in [0.5, 0.6) is 0 Å². The van der Waals surface area contributed by atoms with E-state index in [0.29, 0.717) is 16.2 Å². The second kappa shape index (κ2) is 7.14. The van der Waals surface area contributed by atoms with E-state index in [1.807, 2.05) is 0 Å². The fourth-order valence-corrected chi connectivity index (χ4v) is 2.04. The van der Waals surface area contributed by atoms with Gasteiger partial charge in [-0.3, -0.25) is 4.79 Å². The molecule has 2 rings (SSSR count). The summed E-state index contributed by atoms with van der Waals surface area (Å²) in [4.78, 5) is 30.5. The summed E-state index contributed by atoms with van der Waals surface area (Å²) in [5.74, 6) is 0. The maximum Gasteiger partial charge on any atom is 0.431 e. The average Bonchev–Trinajstić information content (AvgIpc) is 2.48. The van der Waals surface area contributed by atoms with Gasteiger partial charge in [0.2, 0.25) is 0 Å². The highest BCUT2D eigenvalue weighted by molar-refractivity contribution is 6.33. The molecule has 0 bridgehead atoms. The Balaban J connectivity index is 2.51. The van der Waals surface area contributed by atoms with Gasteiger partial charge in [-0.25, -0.2) is 9.36 Å². The van der Waals surface area contributed by atoms with E-state index < -0.39 is 23.1 Å². The van der Waals surface area contributed by atoms with Gasteiger partial charge in [-0.05, 0) is 32.0 Å². The second-order valence-corrected chi connectivity index (χ2v) is 5.66. The summed E-state index contributed by atoms with van der Waals surface area (Å²) < 4.78 is 38.5. The van der Waals surface area contributed by atoms with E-state index in [-0.39, 0.29) is 16.8 Å². The number of hydrogen-bond acceptors (Lipinski definition) is 4. The van der Waals surface area contributed by atoms with Crippen molar-refractivity contribution in [3.8, 4) is 5.69 Å². The number of halogens is 4. The highest BCUT2D eigenvalue weighted by Crippen LogP contribution is 2.25. The predicted molar refractivity (Wildman–Crippen MR) is 86.5 cm³/mol. The molecular weight excluding hydrogens is 363 g/mol. The molecule has 1 heterocycles. The third kappa shape index (κ3) is 4.50. The summed E-state index contributed by atoms with van der Waals surface area (Å²) in [5, 5.41) is 3.96. The third-order valence-corrected chi connectivity index (χ3v) is 3.28. The summed E-state index contributed by atoms with van der Waals surface area (Å²) in [5.41, 5.74) is -3.40. The van der Waals surface area contributed by atoms with Crippen molar-refractivity contribution < 1.29 is 18.0 Å². The molecule has 0 fully saturated rings. The van der Waals surface area contributed by atoms with Crippen molar-refractivity contribution in [1.29, 1.82) is 0 Å². The maximum absolute atomic E-state index is 12.6. The van der Waals surface area contributed by atoms with E-state index in [9.17, 15) is 22.8 Å². The molecule has 134 valence electrons. The summed E-state index contributed by atoms with van der Waals surface area (Å²) >= 11 is 5.99. The fourth-order valence-electron chi connectivity index (χ4n) is 1.87. The lowest BCUT2D eigenvalue weighted by Crippen LogP contribution is -2.35. The first-order valence-corrected chi connectivity index (χ1v) is 7.40. The number of aromatic nitrogens is 2. The van der Waals surface area contributed by atoms with E-state index in [2.05, 4.69) is 5.16 Å². The molecule has 0 atom stereocenters. The van der Waals surface area contributed by atoms with E-state index in [1.54, 1.807) is 18.8 Å². The van der Waals surface area contributed by atoms with Crippen LogP contribution in [0.3, 0.4) is 0 Å². The molecule has 1 aromatic heterocycles. The van der Waals surface area contributed by atoms with Crippen LogP contribution in [0.15, 0.2) is 39.0 Å². The first kappa shape index (κ1) is 18.8. The molecule has 6 nitrogen and oxygen atoms in total. The minimum Gasteiger partial charge on any atom is -0.393 e. The first-order valence-electron chi connectivity index (χ1n) is 7.02. The van der Waals surface area contributed by atoms with E-state index in [4.69, 9.17) is 16.4 Å². The molecule has 0 saturated carbocycles. The normalized spacial score (nSPS) is 12.1. The van der Waals surface area contributed by atoms with Crippen LogP contribution in [0.2, 0.25) is 5.02 Å². The first-order chi connectivity index (χ1) is 11.6. The van der Waals surface area contributed by atoms with E-state index in [1.165, 1.54) is 24.4 Å². The number of oxime groups is 1. The molecule has 2 aromatic rings. The highest BCUT2D eigenvalue weighted by atomic mass is 35.5. The molecule has 0 aliphatic carbocycles. The molecule has 0 spiro atoms. The van der Waals surface area contributed by atoms with Crippen LogP contribution in [-0.2, 0) is 11.0 Å². The maximum atomic E-state index is 12.6. The highest BCUT2D eigenvalue weighted by Gasteiger charge is 2.33. The van der Waals surface area contributed by atoms with Crippen LogP contribution in [0, 0.1) is 0 Å². The van der Waals surface area contributed by atoms with Gasteiger partial charge < -0.3 is 9.82 Å². The third-order valence-electron chi connectivity index (χ3n) is 2.94. The minimum absolute atomic E-state index is 0.0374. The van der Waals surface area contributed by atoms with Gasteiger partial charge in [0.05, 0.1) is 11.9 Å². The van der Waals surface area contributed by atoms with Crippen molar-refractivity contribution in [2.75, 3.05) is 0 Å². The number of nitrogens with one attached hydrogen (secondary N) is 1. The van der Waals surface area contributed by atoms with Crippen molar-refractivity contribution in [3.05, 3.63) is 61.4 Å². The number of H-pyrrole nitrogens is 1. The lowest BCUT2D eigenvalue weighted by molar-refractivity contribution is -0.141. The van der Waals surface area contributed by atoms with Crippen LogP contribution in [0.25, 0.3) is 5.69 Å². The Morgan fingerprint density at radius 1 is 1.28 bits per heavy atom. The van der Waals surface area contributed by atoms with Gasteiger partial charge in [0.15, 0.2) is 0 Å². The van der Waals surface area contributed by atoms with Crippen molar-refractivity contribution in [1.82, 2.24) is 9.55 Å². The molecule has 1 aromatic carbocycles. The topological polar surface area (TPSA) is 76.5 Å². The van der Waals surface area contributed by atoms with E-state index >= 15 is 0 Å². The fraction of sp³-hybridized carbons (Fsp3) is 0.267. The largest absolute Gasteiger partial charge is 0.431 e. The number of nitrogens with zero attached hydrogens (tertiary/aromatic N) is 2. The standard InChI is InChI=1S/C15H13ClF3N3O3/c1-8(2)25-20-7-9-5-10(3-4-11(9)16)22-13(23)6-12(15(17,18)19)21-14(22)24/h3-8H,1-2H3,(H,21,24). The van der Waals surface area contributed by atoms with Gasteiger partial charge in [-0.1, -0.05) is 16.8 Å². The smallest absolute Gasteiger partial charge is 0.393 e. The number of benzene rings is 1. The van der Waals surface area contributed by atoms with Crippen LogP contribution in [-0.4, -0.2) is 21.9 Å². The van der Waals surface area contributed by atoms with Gasteiger partial charge in [-0.2, -0.15) is 13.2 Å². The Hall–Kier alpha value is -2.55. The molecule has 10 heteroatoms. The van der Waals surface area contributed by atoms with Crippen LogP contribution in [0.4, 0.5) is 13.2 Å². The summed E-state index contributed by atoms with van der Waals surface area (Å²) in [6.07, 6.45) is -3.72. The zero-order valence-electron chi connectivity index (χ0n) is 13.1. The molecule has 0 radical (unpaired) electrons. The van der Waals surface area contributed by atoms with Crippen molar-refractivity contribution in [3.63, 3.8) is 0 Å². The molecule has 25 heavy (non-hydrogen) atoms. The molecule has 0 unspecified atom stereocenters. The number of alkyl halides is 3. The molecular formula is C15H13ClF3N3O3. The monoisotopic (exact) mass is 375 g/mol. The van der Waals surface area contributed by atoms with E-state index in [0.717, 1.165) is 0 Å². The van der Waals surface area contributed by atoms with Crippen molar-refractivity contribution >= 4 is 17.8 Å². The Kier molecular flexibility index (Phi) is 5.36. The lowest BCUT2D eigenvalue weighted by atomic mass is 10.2. The van der Waals surface area contributed by atoms with Gasteiger partial charge in [-0.15, -0.1) is 0 Å². The number of rotatable bonds is 4. The summed E-state index contributed by atoms with van der Waals surface area (Å²) in [6.45, 7) is 3.52. The molecule has 0 aliphatic heterocycles. The van der Waals surface area contributed by atoms with Crippen molar-refractivity contribution in [2.24, 2.45) is 5.16 Å². The van der Waals surface area contributed by atoms with Crippen molar-refractivity contribution in [2.45, 2.75) is 26.1 Å². The molecule has 1 N–H and O–H groups in total. The van der Waals surface area contributed by atoms with Gasteiger partial charge in [0.1, 0.15) is 11.8 Å². The predicted octanol–water partition coefficient (Wildman–Crippen LogP) is 2.96. The summed E-state index contributed by atoms with van der Waals surface area (Å²) in [7, 11) is 0. The second-order valence-electron chi connectivity index (χ2n) is 5.25. The minimum atomic E-state index is -4.83. The van der Waals surface area contributed by atoms with Gasteiger partial charge in [0, 0.05) is 16.7 Å². The van der Waals surface area contributed by atoms with Crippen LogP contribution in [0.1, 0.15) is 25.1 Å². The Morgan fingerprint density at radius 3 is 2.52 bits per heavy atom. The molecule has 0 amide bonds. The summed E-state index contributed by atoms with van der Waals surface area (Å²) in [6, 6.07) is 4.36. The zero-order chi connectivity index (χ0) is 18.8. The van der Waals surface area contributed by atoms with Crippen LogP contribution >= 0.6 is 11.6 Å². The quantitative estimate of drug-likeness (QED) is 0.659. The van der Waals surface area contributed by atoms with Gasteiger partial charge in [0.25, 0.3) is 5.56 Å². The Bertz CT molecular complexity index is 885. The van der Waals surface area contributed by atoms with Crippen LogP contribution < -0.4 is 11.2 Å². The lowest BCUT2D eigenvalue weighted by Gasteiger charge is -2.10. The molecule has 0 aliphatic rings. The zero-order valence-corrected chi connectivity index (χ0v) is 13.9. The molecule has 0 saturated heterocycles. The number of hydrogen-bond donors (Lipinski definition) is 1. The Morgan fingerprint density at radius 2 is 1.96 bits per heavy atom. The van der Waals surface area contributed by atoms with Gasteiger partial charge >= 0.3 is 11.9 Å².